The second kappa shape index (κ2) is 5.54. The second-order valence-electron chi connectivity index (χ2n) is 5.20. The van der Waals surface area contributed by atoms with Crippen LogP contribution >= 0.6 is 0 Å². The molecule has 1 aromatic carbocycles. The summed E-state index contributed by atoms with van der Waals surface area (Å²) in [5.41, 5.74) is 5.02. The SMILES string of the molecule is NCC1(CC(=O)Nc2cc(F)ccc2[N+](=O)[O-])CCC1. The predicted octanol–water partition coefficient (Wildman–Crippen LogP) is 2.19. The van der Waals surface area contributed by atoms with E-state index in [1.165, 1.54) is 0 Å². The van der Waals surface area contributed by atoms with Crippen molar-refractivity contribution < 1.29 is 14.1 Å². The number of carbonyl (C=O) groups is 1. The van der Waals surface area contributed by atoms with Gasteiger partial charge in [-0.05, 0) is 30.9 Å². The van der Waals surface area contributed by atoms with Gasteiger partial charge >= 0.3 is 0 Å². The summed E-state index contributed by atoms with van der Waals surface area (Å²) in [4.78, 5) is 22.1. The van der Waals surface area contributed by atoms with Crippen LogP contribution < -0.4 is 11.1 Å². The summed E-state index contributed by atoms with van der Waals surface area (Å²) in [5, 5.41) is 13.2. The number of nitrogens with two attached hydrogens (primary N) is 1. The molecular formula is C13H16FN3O3. The minimum Gasteiger partial charge on any atom is -0.330 e. The van der Waals surface area contributed by atoms with E-state index in [-0.39, 0.29) is 29.1 Å². The first-order chi connectivity index (χ1) is 9.46. The van der Waals surface area contributed by atoms with Gasteiger partial charge in [-0.3, -0.25) is 14.9 Å². The van der Waals surface area contributed by atoms with E-state index in [1.54, 1.807) is 0 Å². The number of rotatable bonds is 5. The summed E-state index contributed by atoms with van der Waals surface area (Å²) in [6.07, 6.45) is 2.99. The number of anilines is 1. The van der Waals surface area contributed by atoms with Gasteiger partial charge in [0, 0.05) is 18.6 Å². The summed E-state index contributed by atoms with van der Waals surface area (Å²) in [6.45, 7) is 0.408. The molecule has 0 aliphatic heterocycles. The number of nitro groups is 1. The zero-order valence-electron chi connectivity index (χ0n) is 10.9. The van der Waals surface area contributed by atoms with Crippen molar-refractivity contribution in [3.05, 3.63) is 34.1 Å². The Hall–Kier alpha value is -2.02. The minimum absolute atomic E-state index is 0.119. The summed E-state index contributed by atoms with van der Waals surface area (Å²) in [6, 6.07) is 2.97. The molecule has 1 saturated carbocycles. The van der Waals surface area contributed by atoms with Crippen LogP contribution in [0.1, 0.15) is 25.7 Å². The molecule has 108 valence electrons. The van der Waals surface area contributed by atoms with Gasteiger partial charge in [0.1, 0.15) is 11.5 Å². The van der Waals surface area contributed by atoms with Crippen molar-refractivity contribution in [2.45, 2.75) is 25.7 Å². The van der Waals surface area contributed by atoms with Gasteiger partial charge in [0.05, 0.1) is 4.92 Å². The van der Waals surface area contributed by atoms with E-state index in [0.29, 0.717) is 6.54 Å². The minimum atomic E-state index is -0.656. The van der Waals surface area contributed by atoms with Gasteiger partial charge in [0.25, 0.3) is 5.69 Å². The lowest BCUT2D eigenvalue weighted by atomic mass is 9.66. The van der Waals surface area contributed by atoms with E-state index in [1.807, 2.05) is 0 Å². The molecule has 2 rings (SSSR count). The number of nitrogens with one attached hydrogen (secondary N) is 1. The number of carbonyl (C=O) groups excluding carboxylic acids is 1. The predicted molar refractivity (Wildman–Crippen MR) is 71.6 cm³/mol. The Labute approximate surface area is 115 Å². The maximum absolute atomic E-state index is 13.1. The maximum Gasteiger partial charge on any atom is 0.292 e. The van der Waals surface area contributed by atoms with Crippen molar-refractivity contribution in [2.75, 3.05) is 11.9 Å². The van der Waals surface area contributed by atoms with E-state index >= 15 is 0 Å². The van der Waals surface area contributed by atoms with Gasteiger partial charge in [0.2, 0.25) is 5.91 Å². The van der Waals surface area contributed by atoms with Crippen LogP contribution in [0, 0.1) is 21.3 Å². The van der Waals surface area contributed by atoms with Crippen LogP contribution in [0.5, 0.6) is 0 Å². The van der Waals surface area contributed by atoms with E-state index in [4.69, 9.17) is 5.73 Å². The van der Waals surface area contributed by atoms with Crippen LogP contribution in [0.2, 0.25) is 0 Å². The Morgan fingerprint density at radius 3 is 2.70 bits per heavy atom. The average Bonchev–Trinajstić information content (AvgIpc) is 2.33. The van der Waals surface area contributed by atoms with Crippen molar-refractivity contribution in [3.8, 4) is 0 Å². The smallest absolute Gasteiger partial charge is 0.292 e. The number of nitrogens with zero attached hydrogens (tertiary/aromatic N) is 1. The Balaban J connectivity index is 2.11. The molecule has 0 saturated heterocycles. The number of hydrogen-bond acceptors (Lipinski definition) is 4. The molecule has 0 aromatic heterocycles. The number of nitro benzene ring substituents is 1. The lowest BCUT2D eigenvalue weighted by Crippen LogP contribution is -2.40. The first-order valence-corrected chi connectivity index (χ1v) is 6.40. The summed E-state index contributed by atoms with van der Waals surface area (Å²) in [5.74, 6) is -1.01. The highest BCUT2D eigenvalue weighted by atomic mass is 19.1. The highest BCUT2D eigenvalue weighted by Gasteiger charge is 2.37. The molecule has 3 N–H and O–H groups in total. The summed E-state index contributed by atoms with van der Waals surface area (Å²) >= 11 is 0. The van der Waals surface area contributed by atoms with E-state index in [2.05, 4.69) is 5.32 Å². The fourth-order valence-corrected chi connectivity index (χ4v) is 2.43. The Kier molecular flexibility index (Phi) is 3.99. The first-order valence-electron chi connectivity index (χ1n) is 6.40. The van der Waals surface area contributed by atoms with Crippen molar-refractivity contribution in [1.82, 2.24) is 0 Å². The van der Waals surface area contributed by atoms with Crippen LogP contribution in [0.25, 0.3) is 0 Å². The lowest BCUT2D eigenvalue weighted by Gasteiger charge is -2.40. The van der Waals surface area contributed by atoms with Crippen molar-refractivity contribution >= 4 is 17.3 Å². The lowest BCUT2D eigenvalue weighted by molar-refractivity contribution is -0.384. The van der Waals surface area contributed by atoms with E-state index in [0.717, 1.165) is 37.5 Å². The molecule has 6 nitrogen and oxygen atoms in total. The van der Waals surface area contributed by atoms with Crippen LogP contribution in [0.15, 0.2) is 18.2 Å². The molecule has 1 aliphatic carbocycles. The quantitative estimate of drug-likeness (QED) is 0.638. The Bertz CT molecular complexity index is 538. The third kappa shape index (κ3) is 2.93. The zero-order valence-corrected chi connectivity index (χ0v) is 10.9. The Morgan fingerprint density at radius 1 is 1.50 bits per heavy atom. The Morgan fingerprint density at radius 2 is 2.20 bits per heavy atom. The van der Waals surface area contributed by atoms with Gasteiger partial charge in [0.15, 0.2) is 0 Å². The van der Waals surface area contributed by atoms with Gasteiger partial charge in [-0.1, -0.05) is 6.42 Å². The fourth-order valence-electron chi connectivity index (χ4n) is 2.43. The monoisotopic (exact) mass is 281 g/mol. The molecule has 0 bridgehead atoms. The number of amides is 1. The standard InChI is InChI=1S/C13H16FN3O3/c14-9-2-3-11(17(19)20)10(6-9)16-12(18)7-13(8-15)4-1-5-13/h2-3,6H,1,4-5,7-8,15H2,(H,16,18). The number of halogens is 1. The fraction of sp³-hybridized carbons (Fsp3) is 0.462. The van der Waals surface area contributed by atoms with Crippen molar-refractivity contribution in [2.24, 2.45) is 11.1 Å². The molecule has 1 aliphatic rings. The maximum atomic E-state index is 13.1. The topological polar surface area (TPSA) is 98.3 Å². The zero-order chi connectivity index (χ0) is 14.8. The highest BCUT2D eigenvalue weighted by molar-refractivity contribution is 5.93. The third-order valence-corrected chi connectivity index (χ3v) is 3.81. The van der Waals surface area contributed by atoms with Crippen LogP contribution in [0.3, 0.4) is 0 Å². The van der Waals surface area contributed by atoms with Crippen molar-refractivity contribution in [1.29, 1.82) is 0 Å². The van der Waals surface area contributed by atoms with Crippen molar-refractivity contribution in [3.63, 3.8) is 0 Å². The molecule has 1 fully saturated rings. The molecule has 20 heavy (non-hydrogen) atoms. The summed E-state index contributed by atoms with van der Waals surface area (Å²) in [7, 11) is 0. The average molecular weight is 281 g/mol. The molecule has 0 unspecified atom stereocenters. The molecule has 7 heteroatoms. The van der Waals surface area contributed by atoms with Gasteiger partial charge in [-0.15, -0.1) is 0 Å². The molecule has 0 heterocycles. The largest absolute Gasteiger partial charge is 0.330 e. The number of benzene rings is 1. The van der Waals surface area contributed by atoms with Gasteiger partial charge in [-0.25, -0.2) is 4.39 Å². The van der Waals surface area contributed by atoms with Crippen LogP contribution in [-0.4, -0.2) is 17.4 Å². The van der Waals surface area contributed by atoms with Crippen LogP contribution in [-0.2, 0) is 4.79 Å². The second-order valence-corrected chi connectivity index (χ2v) is 5.20. The van der Waals surface area contributed by atoms with E-state index < -0.39 is 10.7 Å². The molecule has 1 amide bonds. The van der Waals surface area contributed by atoms with Gasteiger partial charge < -0.3 is 11.1 Å². The summed E-state index contributed by atoms with van der Waals surface area (Å²) < 4.78 is 13.1. The van der Waals surface area contributed by atoms with E-state index in [9.17, 15) is 19.3 Å². The molecule has 0 atom stereocenters. The molecular weight excluding hydrogens is 265 g/mol. The highest BCUT2D eigenvalue weighted by Crippen LogP contribution is 2.43. The van der Waals surface area contributed by atoms with Crippen LogP contribution in [0.4, 0.5) is 15.8 Å². The third-order valence-electron chi connectivity index (χ3n) is 3.81. The molecule has 0 radical (unpaired) electrons. The van der Waals surface area contributed by atoms with Gasteiger partial charge in [-0.2, -0.15) is 0 Å². The molecule has 1 aromatic rings. The molecule has 0 spiro atoms. The normalized spacial score (nSPS) is 16.3. The number of hydrogen-bond donors (Lipinski definition) is 2. The first kappa shape index (κ1) is 14.4.